The zero-order valence-electron chi connectivity index (χ0n) is 15.2. The van der Waals surface area contributed by atoms with E-state index < -0.39 is 0 Å². The Kier molecular flexibility index (Phi) is 6.29. The third kappa shape index (κ3) is 5.79. The lowest BCUT2D eigenvalue weighted by molar-refractivity contribution is 0.0247. The summed E-state index contributed by atoms with van der Waals surface area (Å²) >= 11 is 0. The molecule has 0 aromatic rings. The maximum atomic E-state index is 6.01. The molecule has 3 saturated heterocycles. The first-order valence-corrected chi connectivity index (χ1v) is 8.94. The maximum Gasteiger partial charge on any atom is 0.104 e. The van der Waals surface area contributed by atoms with Gasteiger partial charge < -0.3 is 28.4 Å². The van der Waals surface area contributed by atoms with Gasteiger partial charge >= 0.3 is 0 Å². The van der Waals surface area contributed by atoms with Crippen molar-refractivity contribution in [1.29, 1.82) is 0 Å². The minimum Gasteiger partial charge on any atom is -0.371 e. The van der Waals surface area contributed by atoms with Gasteiger partial charge in [-0.1, -0.05) is 0 Å². The fraction of sp³-hybridized carbons (Fsp3) is 0.889. The smallest absolute Gasteiger partial charge is 0.104 e. The van der Waals surface area contributed by atoms with Crippen molar-refractivity contribution in [2.75, 3.05) is 39.6 Å². The lowest BCUT2D eigenvalue weighted by Crippen LogP contribution is -2.29. The SMILES string of the molecule is CC(=C(C(C)OCC1CO1)C(C)OCC1CO1)C(C)OCC1CO1. The van der Waals surface area contributed by atoms with Crippen LogP contribution in [0.25, 0.3) is 0 Å². The molecule has 0 aromatic heterocycles. The summed E-state index contributed by atoms with van der Waals surface area (Å²) in [5.74, 6) is 0. The third-order valence-corrected chi connectivity index (χ3v) is 4.74. The molecule has 3 heterocycles. The van der Waals surface area contributed by atoms with E-state index in [1.54, 1.807) is 0 Å². The summed E-state index contributed by atoms with van der Waals surface area (Å²) in [6.45, 7) is 12.6. The molecule has 0 saturated carbocycles. The lowest BCUT2D eigenvalue weighted by atomic mass is 9.96. The van der Waals surface area contributed by atoms with Crippen LogP contribution in [0.5, 0.6) is 0 Å². The third-order valence-electron chi connectivity index (χ3n) is 4.74. The number of hydrogen-bond acceptors (Lipinski definition) is 6. The Hall–Kier alpha value is -0.500. The van der Waals surface area contributed by atoms with Gasteiger partial charge in [0.05, 0.1) is 58.0 Å². The summed E-state index contributed by atoms with van der Waals surface area (Å²) in [5, 5.41) is 0. The molecule has 6 heteroatoms. The van der Waals surface area contributed by atoms with E-state index in [2.05, 4.69) is 27.7 Å². The van der Waals surface area contributed by atoms with Gasteiger partial charge in [-0.3, -0.25) is 0 Å². The predicted octanol–water partition coefficient (Wildman–Crippen LogP) is 1.71. The Morgan fingerprint density at radius 2 is 1.08 bits per heavy atom. The predicted molar refractivity (Wildman–Crippen MR) is 88.2 cm³/mol. The molecule has 3 aliphatic rings. The fourth-order valence-corrected chi connectivity index (χ4v) is 2.76. The van der Waals surface area contributed by atoms with Crippen molar-refractivity contribution in [2.45, 2.75) is 64.3 Å². The highest BCUT2D eigenvalue weighted by molar-refractivity contribution is 5.23. The van der Waals surface area contributed by atoms with Gasteiger partial charge in [-0.05, 0) is 38.8 Å². The van der Waals surface area contributed by atoms with E-state index in [9.17, 15) is 0 Å². The highest BCUT2D eigenvalue weighted by Gasteiger charge is 2.30. The molecule has 0 amide bonds. The summed E-state index contributed by atoms with van der Waals surface area (Å²) in [6.07, 6.45) is 0.720. The average molecular weight is 342 g/mol. The van der Waals surface area contributed by atoms with Crippen LogP contribution in [0.1, 0.15) is 27.7 Å². The molecule has 138 valence electrons. The molecule has 0 aromatic carbocycles. The maximum absolute atomic E-state index is 6.01. The number of hydrogen-bond donors (Lipinski definition) is 0. The molecular weight excluding hydrogens is 312 g/mol. The Morgan fingerprint density at radius 1 is 0.750 bits per heavy atom. The highest BCUT2D eigenvalue weighted by atomic mass is 16.6. The van der Waals surface area contributed by atoms with Crippen LogP contribution in [0.4, 0.5) is 0 Å². The molecule has 0 bridgehead atoms. The van der Waals surface area contributed by atoms with Crippen molar-refractivity contribution < 1.29 is 28.4 Å². The molecular formula is C18H30O6. The second kappa shape index (κ2) is 8.25. The van der Waals surface area contributed by atoms with Gasteiger partial charge in [0.25, 0.3) is 0 Å². The average Bonchev–Trinajstić information content (AvgIpc) is 3.40. The molecule has 6 nitrogen and oxygen atoms in total. The van der Waals surface area contributed by atoms with Gasteiger partial charge in [-0.15, -0.1) is 0 Å². The van der Waals surface area contributed by atoms with E-state index in [0.29, 0.717) is 19.8 Å². The molecule has 3 rings (SSSR count). The number of rotatable bonds is 12. The van der Waals surface area contributed by atoms with Gasteiger partial charge in [-0.25, -0.2) is 0 Å². The van der Waals surface area contributed by atoms with E-state index in [1.807, 2.05) is 0 Å². The van der Waals surface area contributed by atoms with Gasteiger partial charge in [-0.2, -0.15) is 0 Å². The number of ether oxygens (including phenoxy) is 6. The molecule has 3 aliphatic heterocycles. The minimum absolute atomic E-state index is 0.00986. The van der Waals surface area contributed by atoms with Crippen LogP contribution < -0.4 is 0 Å². The monoisotopic (exact) mass is 342 g/mol. The Labute approximate surface area is 144 Å². The second-order valence-electron chi connectivity index (χ2n) is 6.93. The molecule has 0 radical (unpaired) electrons. The quantitative estimate of drug-likeness (QED) is 0.397. The first kappa shape index (κ1) is 18.3. The van der Waals surface area contributed by atoms with Crippen LogP contribution in [0.2, 0.25) is 0 Å². The second-order valence-corrected chi connectivity index (χ2v) is 6.93. The van der Waals surface area contributed by atoms with Crippen LogP contribution in [0.15, 0.2) is 11.1 Å². The van der Waals surface area contributed by atoms with Crippen LogP contribution in [-0.2, 0) is 28.4 Å². The minimum atomic E-state index is -0.0347. The van der Waals surface area contributed by atoms with E-state index in [4.69, 9.17) is 28.4 Å². The summed E-state index contributed by atoms with van der Waals surface area (Å²) < 4.78 is 33.7. The molecule has 0 spiro atoms. The molecule has 24 heavy (non-hydrogen) atoms. The van der Waals surface area contributed by atoms with E-state index in [0.717, 1.165) is 25.4 Å². The van der Waals surface area contributed by atoms with Crippen LogP contribution >= 0.6 is 0 Å². The Morgan fingerprint density at radius 3 is 1.42 bits per heavy atom. The highest BCUT2D eigenvalue weighted by Crippen LogP contribution is 2.25. The van der Waals surface area contributed by atoms with E-state index >= 15 is 0 Å². The Balaban J connectivity index is 1.60. The van der Waals surface area contributed by atoms with Crippen molar-refractivity contribution in [3.8, 4) is 0 Å². The summed E-state index contributed by atoms with van der Waals surface area (Å²) in [6, 6.07) is 0. The lowest BCUT2D eigenvalue weighted by Gasteiger charge is -2.27. The first-order valence-electron chi connectivity index (χ1n) is 8.94. The van der Waals surface area contributed by atoms with Gasteiger partial charge in [0.2, 0.25) is 0 Å². The normalized spacial score (nSPS) is 31.2. The number of epoxide rings is 3. The van der Waals surface area contributed by atoms with Crippen LogP contribution in [0.3, 0.4) is 0 Å². The van der Waals surface area contributed by atoms with Crippen LogP contribution in [0, 0.1) is 0 Å². The van der Waals surface area contributed by atoms with E-state index in [1.165, 1.54) is 5.57 Å². The zero-order valence-corrected chi connectivity index (χ0v) is 15.2. The van der Waals surface area contributed by atoms with Gasteiger partial charge in [0, 0.05) is 0 Å². The summed E-state index contributed by atoms with van der Waals surface area (Å²) in [7, 11) is 0. The van der Waals surface area contributed by atoms with Crippen molar-refractivity contribution in [1.82, 2.24) is 0 Å². The van der Waals surface area contributed by atoms with Crippen molar-refractivity contribution in [2.24, 2.45) is 0 Å². The van der Waals surface area contributed by atoms with Crippen molar-refractivity contribution in [3.05, 3.63) is 11.1 Å². The zero-order chi connectivity index (χ0) is 17.1. The van der Waals surface area contributed by atoms with Gasteiger partial charge in [0.15, 0.2) is 0 Å². The van der Waals surface area contributed by atoms with Crippen molar-refractivity contribution >= 4 is 0 Å². The first-order chi connectivity index (χ1) is 11.5. The van der Waals surface area contributed by atoms with Gasteiger partial charge in [0.1, 0.15) is 18.3 Å². The fourth-order valence-electron chi connectivity index (χ4n) is 2.76. The van der Waals surface area contributed by atoms with Crippen LogP contribution in [-0.4, -0.2) is 76.3 Å². The summed E-state index contributed by atoms with van der Waals surface area (Å²) in [4.78, 5) is 0. The molecule has 0 N–H and O–H groups in total. The molecule has 6 unspecified atom stereocenters. The topological polar surface area (TPSA) is 65.3 Å². The standard InChI is InChI=1S/C18H30O6/c1-11(12(2)19-5-15-8-22-15)18(13(3)20-6-16-9-23-16)14(4)21-7-17-10-24-17/h12-17H,5-10H2,1-4H3. The largest absolute Gasteiger partial charge is 0.371 e. The Bertz CT molecular complexity index is 415. The molecule has 0 aliphatic carbocycles. The summed E-state index contributed by atoms with van der Waals surface area (Å²) in [5.41, 5.74) is 2.32. The van der Waals surface area contributed by atoms with Crippen molar-refractivity contribution in [3.63, 3.8) is 0 Å². The molecule has 6 atom stereocenters. The molecule has 3 fully saturated rings. The van der Waals surface area contributed by atoms with E-state index in [-0.39, 0.29) is 36.6 Å².